The van der Waals surface area contributed by atoms with Crippen LogP contribution < -0.4 is 4.72 Å². The summed E-state index contributed by atoms with van der Waals surface area (Å²) in [5, 5.41) is 0.771. The van der Waals surface area contributed by atoms with E-state index in [0.29, 0.717) is 24.1 Å². The van der Waals surface area contributed by atoms with Crippen molar-refractivity contribution in [1.29, 1.82) is 0 Å². The summed E-state index contributed by atoms with van der Waals surface area (Å²) in [7, 11) is -3.78. The lowest BCUT2D eigenvalue weighted by Gasteiger charge is -2.24. The molecule has 1 aliphatic heterocycles. The molecule has 2 aliphatic rings. The molecule has 38 heavy (non-hydrogen) atoms. The van der Waals surface area contributed by atoms with E-state index in [0.717, 1.165) is 38.0 Å². The van der Waals surface area contributed by atoms with Gasteiger partial charge in [-0.3, -0.25) is 14.7 Å². The number of sulfonamides is 1. The smallest absolute Gasteiger partial charge is 0.253 e. The summed E-state index contributed by atoms with van der Waals surface area (Å²) in [6.45, 7) is 8.33. The minimum Gasteiger partial charge on any atom is -0.337 e. The highest BCUT2D eigenvalue weighted by Gasteiger charge is 2.25. The standard InChI is InChI=1S/C30H34N4O3S/c1-22-18-23(2)20-24(19-22)21-33-14-5-15-34(17-16-33)30(35)26-9-11-27(12-10-26)32-38(36,37)28-8-3-6-25-7-4-13-31-29(25)28/h3-4,6-11,13,18-20,27,32H,5,12,14-17,21H2,1-2H3. The van der Waals surface area contributed by atoms with Crippen molar-refractivity contribution in [1.82, 2.24) is 19.5 Å². The van der Waals surface area contributed by atoms with Gasteiger partial charge in [0.05, 0.1) is 5.52 Å². The van der Waals surface area contributed by atoms with Gasteiger partial charge in [0.2, 0.25) is 10.0 Å². The maximum Gasteiger partial charge on any atom is 0.253 e. The van der Waals surface area contributed by atoms with Crippen LogP contribution in [0.1, 0.15) is 29.5 Å². The lowest BCUT2D eigenvalue weighted by atomic mass is 10.0. The molecule has 7 nitrogen and oxygen atoms in total. The highest BCUT2D eigenvalue weighted by atomic mass is 32.2. The number of fused-ring (bicyclic) bond motifs is 1. The zero-order chi connectivity index (χ0) is 26.7. The minimum atomic E-state index is -3.78. The molecule has 8 heteroatoms. The van der Waals surface area contributed by atoms with Gasteiger partial charge in [-0.1, -0.05) is 65.8 Å². The second-order valence-electron chi connectivity index (χ2n) is 10.2. The lowest BCUT2D eigenvalue weighted by molar-refractivity contribution is -0.126. The van der Waals surface area contributed by atoms with E-state index in [1.807, 2.05) is 23.1 Å². The van der Waals surface area contributed by atoms with Crippen LogP contribution in [-0.2, 0) is 21.4 Å². The number of pyridine rings is 1. The zero-order valence-corrected chi connectivity index (χ0v) is 22.7. The summed E-state index contributed by atoms with van der Waals surface area (Å²) in [5.74, 6) is 0.00839. The number of carbonyl (C=O) groups is 1. The molecule has 2 aromatic carbocycles. The maximum absolute atomic E-state index is 13.3. The fourth-order valence-electron chi connectivity index (χ4n) is 5.36. The van der Waals surface area contributed by atoms with E-state index in [2.05, 4.69) is 46.7 Å². The summed E-state index contributed by atoms with van der Waals surface area (Å²) >= 11 is 0. The number of amides is 1. The molecule has 3 aromatic rings. The number of rotatable bonds is 6. The summed E-state index contributed by atoms with van der Waals surface area (Å²) in [6, 6.07) is 15.0. The Bertz CT molecular complexity index is 1490. The molecule has 0 saturated carbocycles. The molecule has 1 amide bonds. The van der Waals surface area contributed by atoms with E-state index in [9.17, 15) is 13.2 Å². The van der Waals surface area contributed by atoms with E-state index >= 15 is 0 Å². The Kier molecular flexibility index (Phi) is 7.74. The van der Waals surface area contributed by atoms with Gasteiger partial charge < -0.3 is 4.90 Å². The van der Waals surface area contributed by atoms with Crippen LogP contribution in [0.25, 0.3) is 10.9 Å². The van der Waals surface area contributed by atoms with E-state index in [4.69, 9.17) is 0 Å². The third kappa shape index (κ3) is 6.04. The highest BCUT2D eigenvalue weighted by molar-refractivity contribution is 7.89. The first kappa shape index (κ1) is 26.3. The van der Waals surface area contributed by atoms with Crippen molar-refractivity contribution in [2.75, 3.05) is 26.2 Å². The number of aromatic nitrogens is 1. The Balaban J connectivity index is 1.18. The Morgan fingerprint density at radius 2 is 1.82 bits per heavy atom. The van der Waals surface area contributed by atoms with Gasteiger partial charge in [0, 0.05) is 55.9 Å². The molecule has 1 N–H and O–H groups in total. The van der Waals surface area contributed by atoms with Crippen LogP contribution in [-0.4, -0.2) is 61.3 Å². The van der Waals surface area contributed by atoms with Crippen molar-refractivity contribution >= 4 is 26.8 Å². The third-order valence-electron chi connectivity index (χ3n) is 7.10. The van der Waals surface area contributed by atoms with Crippen LogP contribution in [0.3, 0.4) is 0 Å². The Morgan fingerprint density at radius 1 is 1.03 bits per heavy atom. The largest absolute Gasteiger partial charge is 0.337 e. The molecule has 1 fully saturated rings. The first-order chi connectivity index (χ1) is 18.3. The van der Waals surface area contributed by atoms with E-state index in [1.165, 1.54) is 16.7 Å². The normalized spacial score (nSPS) is 18.8. The van der Waals surface area contributed by atoms with Crippen molar-refractivity contribution in [3.8, 4) is 0 Å². The van der Waals surface area contributed by atoms with Crippen LogP contribution in [0, 0.1) is 13.8 Å². The molecule has 0 bridgehead atoms. The van der Waals surface area contributed by atoms with Crippen molar-refractivity contribution in [2.45, 2.75) is 44.2 Å². The van der Waals surface area contributed by atoms with Gasteiger partial charge in [0.15, 0.2) is 0 Å². The number of nitrogens with zero attached hydrogens (tertiary/aromatic N) is 3. The van der Waals surface area contributed by atoms with Crippen molar-refractivity contribution in [3.63, 3.8) is 0 Å². The molecule has 2 heterocycles. The zero-order valence-electron chi connectivity index (χ0n) is 21.9. The van der Waals surface area contributed by atoms with Crippen LogP contribution in [0.5, 0.6) is 0 Å². The summed E-state index contributed by atoms with van der Waals surface area (Å²) in [6.07, 6.45) is 8.30. The lowest BCUT2D eigenvalue weighted by Crippen LogP contribution is -2.37. The van der Waals surface area contributed by atoms with Gasteiger partial charge in [-0.05, 0) is 44.4 Å². The molecule has 198 valence electrons. The second-order valence-corrected chi connectivity index (χ2v) is 11.9. The number of para-hydroxylation sites is 1. The number of hydrogen-bond donors (Lipinski definition) is 1. The number of benzene rings is 2. The molecule has 5 rings (SSSR count). The second kappa shape index (κ2) is 11.2. The minimum absolute atomic E-state index is 0.00839. The van der Waals surface area contributed by atoms with E-state index < -0.39 is 16.1 Å². The molecular weight excluding hydrogens is 496 g/mol. The van der Waals surface area contributed by atoms with Gasteiger partial charge in [0.25, 0.3) is 5.91 Å². The third-order valence-corrected chi connectivity index (χ3v) is 8.62. The highest BCUT2D eigenvalue weighted by Crippen LogP contribution is 2.23. The van der Waals surface area contributed by atoms with Crippen molar-refractivity contribution < 1.29 is 13.2 Å². The van der Waals surface area contributed by atoms with Crippen LogP contribution in [0.4, 0.5) is 0 Å². The number of carbonyl (C=O) groups excluding carboxylic acids is 1. The summed E-state index contributed by atoms with van der Waals surface area (Å²) in [5.41, 5.74) is 4.93. The maximum atomic E-state index is 13.3. The van der Waals surface area contributed by atoms with Crippen molar-refractivity contribution in [2.24, 2.45) is 0 Å². The fraction of sp³-hybridized carbons (Fsp3) is 0.333. The fourth-order valence-corrected chi connectivity index (χ4v) is 6.74. The molecule has 0 spiro atoms. The van der Waals surface area contributed by atoms with Crippen molar-refractivity contribution in [3.05, 3.63) is 95.2 Å². The SMILES string of the molecule is Cc1cc(C)cc(CN2CCCN(C(=O)C3=CCC(NS(=O)(=O)c4cccc5cccnc45)C=C3)CC2)c1. The monoisotopic (exact) mass is 530 g/mol. The molecular formula is C30H34N4O3S. The van der Waals surface area contributed by atoms with Crippen LogP contribution in [0.15, 0.2) is 83.4 Å². The van der Waals surface area contributed by atoms with E-state index in [-0.39, 0.29) is 10.8 Å². The number of hydrogen-bond acceptors (Lipinski definition) is 5. The van der Waals surface area contributed by atoms with Gasteiger partial charge in [-0.2, -0.15) is 0 Å². The average Bonchev–Trinajstić information content (AvgIpc) is 3.13. The van der Waals surface area contributed by atoms with Gasteiger partial charge >= 0.3 is 0 Å². The van der Waals surface area contributed by atoms with E-state index in [1.54, 1.807) is 36.5 Å². The first-order valence-electron chi connectivity index (χ1n) is 13.1. The predicted molar refractivity (Wildman–Crippen MR) is 150 cm³/mol. The van der Waals surface area contributed by atoms with Crippen LogP contribution >= 0.6 is 0 Å². The first-order valence-corrected chi connectivity index (χ1v) is 14.6. The number of aryl methyl sites for hydroxylation is 2. The quantitative estimate of drug-likeness (QED) is 0.519. The molecule has 1 saturated heterocycles. The molecule has 1 atom stereocenters. The topological polar surface area (TPSA) is 82.6 Å². The van der Waals surface area contributed by atoms with Gasteiger partial charge in [-0.15, -0.1) is 0 Å². The summed E-state index contributed by atoms with van der Waals surface area (Å²) in [4.78, 5) is 22.0. The molecule has 1 aromatic heterocycles. The molecule has 1 unspecified atom stereocenters. The number of nitrogens with one attached hydrogen (secondary N) is 1. The van der Waals surface area contributed by atoms with Gasteiger partial charge in [-0.25, -0.2) is 13.1 Å². The molecule has 1 aliphatic carbocycles. The Hall–Kier alpha value is -3.33. The van der Waals surface area contributed by atoms with Gasteiger partial charge in [0.1, 0.15) is 4.90 Å². The Labute approximate surface area is 224 Å². The predicted octanol–water partition coefficient (Wildman–Crippen LogP) is 4.12. The summed E-state index contributed by atoms with van der Waals surface area (Å²) < 4.78 is 29.0. The van der Waals surface area contributed by atoms with Crippen LogP contribution in [0.2, 0.25) is 0 Å². The molecule has 0 radical (unpaired) electrons. The average molecular weight is 531 g/mol. The Morgan fingerprint density at radius 3 is 2.58 bits per heavy atom.